The summed E-state index contributed by atoms with van der Waals surface area (Å²) in [6, 6.07) is 7.12. The first-order valence-electron chi connectivity index (χ1n) is 7.22. The normalized spacial score (nSPS) is 12.6. The summed E-state index contributed by atoms with van der Waals surface area (Å²) in [5.74, 6) is 0. The second kappa shape index (κ2) is 8.17. The van der Waals surface area contributed by atoms with Crippen molar-refractivity contribution in [3.8, 4) is 0 Å². The predicted molar refractivity (Wildman–Crippen MR) is 91.2 cm³/mol. The molecule has 0 atom stereocenters. The molecule has 0 aliphatic carbocycles. The maximum atomic E-state index is 12.6. The van der Waals surface area contributed by atoms with Gasteiger partial charge in [0.2, 0.25) is 10.0 Å². The van der Waals surface area contributed by atoms with Crippen molar-refractivity contribution in [1.82, 2.24) is 10.0 Å². The molecule has 0 radical (unpaired) electrons. The molecule has 0 saturated carbocycles. The largest absolute Gasteiger partial charge is 0.316 e. The summed E-state index contributed by atoms with van der Waals surface area (Å²) >= 11 is 1.73. The molecule has 0 saturated heterocycles. The molecule has 120 valence electrons. The minimum absolute atomic E-state index is 0.0367. The number of thioether (sulfide) groups is 1. The standard InChI is InChI=1S/C15H26N2O2S2/c1-5-15(6-2,20-4)12-17-21(18,19)14-10-8-7-9-13(14)11-16-3/h7-10,16-17H,5-6,11-12H2,1-4H3. The molecule has 21 heavy (non-hydrogen) atoms. The van der Waals surface area contributed by atoms with Crippen molar-refractivity contribution in [2.24, 2.45) is 0 Å². The van der Waals surface area contributed by atoms with Crippen LogP contribution in [0.5, 0.6) is 0 Å². The van der Waals surface area contributed by atoms with E-state index in [0.29, 0.717) is 18.0 Å². The molecule has 1 aromatic rings. The molecule has 1 aromatic carbocycles. The fourth-order valence-electron chi connectivity index (χ4n) is 2.27. The SMILES string of the molecule is CCC(CC)(CNS(=O)(=O)c1ccccc1CNC)SC. The third-order valence-electron chi connectivity index (χ3n) is 3.94. The zero-order chi connectivity index (χ0) is 15.9. The lowest BCUT2D eigenvalue weighted by Gasteiger charge is -2.29. The van der Waals surface area contributed by atoms with E-state index in [1.807, 2.05) is 25.4 Å². The Morgan fingerprint density at radius 3 is 2.33 bits per heavy atom. The van der Waals surface area contributed by atoms with Crippen molar-refractivity contribution < 1.29 is 8.42 Å². The molecule has 0 unspecified atom stereocenters. The number of nitrogens with one attached hydrogen (secondary N) is 2. The van der Waals surface area contributed by atoms with Crippen LogP contribution in [-0.2, 0) is 16.6 Å². The van der Waals surface area contributed by atoms with E-state index < -0.39 is 10.0 Å². The Labute approximate surface area is 133 Å². The maximum absolute atomic E-state index is 12.6. The Bertz CT molecular complexity index is 532. The van der Waals surface area contributed by atoms with E-state index in [-0.39, 0.29) is 4.75 Å². The molecule has 6 heteroatoms. The first-order valence-corrected chi connectivity index (χ1v) is 9.92. The molecule has 0 aliphatic rings. The van der Waals surface area contributed by atoms with Gasteiger partial charge in [0.15, 0.2) is 0 Å². The van der Waals surface area contributed by atoms with Crippen molar-refractivity contribution in [2.75, 3.05) is 19.8 Å². The molecule has 4 nitrogen and oxygen atoms in total. The molecule has 2 N–H and O–H groups in total. The molecule has 0 aromatic heterocycles. The molecule has 0 amide bonds. The zero-order valence-electron chi connectivity index (χ0n) is 13.3. The molecular formula is C15H26N2O2S2. The van der Waals surface area contributed by atoms with Gasteiger partial charge >= 0.3 is 0 Å². The highest BCUT2D eigenvalue weighted by atomic mass is 32.2. The van der Waals surface area contributed by atoms with Gasteiger partial charge in [-0.1, -0.05) is 32.0 Å². The van der Waals surface area contributed by atoms with E-state index in [9.17, 15) is 8.42 Å². The number of sulfonamides is 1. The first kappa shape index (κ1) is 18.5. The highest BCUT2D eigenvalue weighted by Crippen LogP contribution is 2.30. The van der Waals surface area contributed by atoms with E-state index in [1.54, 1.807) is 23.9 Å². The average Bonchev–Trinajstić information content (AvgIpc) is 2.50. The molecule has 0 fully saturated rings. The van der Waals surface area contributed by atoms with Crippen molar-refractivity contribution in [1.29, 1.82) is 0 Å². The Balaban J connectivity index is 2.97. The fourth-order valence-corrected chi connectivity index (χ4v) is 4.52. The minimum atomic E-state index is -3.48. The summed E-state index contributed by atoms with van der Waals surface area (Å²) in [5, 5.41) is 3.01. The first-order chi connectivity index (χ1) is 9.94. The van der Waals surface area contributed by atoms with E-state index in [2.05, 4.69) is 23.9 Å². The van der Waals surface area contributed by atoms with Gasteiger partial charge in [-0.25, -0.2) is 13.1 Å². The number of benzene rings is 1. The highest BCUT2D eigenvalue weighted by Gasteiger charge is 2.28. The summed E-state index contributed by atoms with van der Waals surface area (Å²) in [7, 11) is -1.67. The Hall–Kier alpha value is -0.560. The van der Waals surface area contributed by atoms with Gasteiger partial charge in [0.1, 0.15) is 0 Å². The third kappa shape index (κ3) is 4.71. The Morgan fingerprint density at radius 1 is 1.19 bits per heavy atom. The van der Waals surface area contributed by atoms with Crippen LogP contribution in [0, 0.1) is 0 Å². The summed E-state index contributed by atoms with van der Waals surface area (Å²) in [6.07, 6.45) is 3.91. The molecule has 0 heterocycles. The quantitative estimate of drug-likeness (QED) is 0.731. The van der Waals surface area contributed by atoms with Gasteiger partial charge in [-0.2, -0.15) is 11.8 Å². The van der Waals surface area contributed by atoms with Gasteiger partial charge in [-0.05, 0) is 37.8 Å². The van der Waals surface area contributed by atoms with Crippen molar-refractivity contribution in [3.63, 3.8) is 0 Å². The van der Waals surface area contributed by atoms with Gasteiger partial charge in [-0.3, -0.25) is 0 Å². The molecule has 0 aliphatic heterocycles. The molecule has 0 bridgehead atoms. The van der Waals surface area contributed by atoms with E-state index >= 15 is 0 Å². The predicted octanol–water partition coefficient (Wildman–Crippen LogP) is 2.61. The molecule has 0 spiro atoms. The second-order valence-corrected chi connectivity index (χ2v) is 8.07. The second-order valence-electron chi connectivity index (χ2n) is 5.06. The van der Waals surface area contributed by atoms with Crippen molar-refractivity contribution >= 4 is 21.8 Å². The maximum Gasteiger partial charge on any atom is 0.240 e. The Kier molecular flexibility index (Phi) is 7.20. The smallest absolute Gasteiger partial charge is 0.240 e. The number of hydrogen-bond donors (Lipinski definition) is 2. The van der Waals surface area contributed by atoms with Gasteiger partial charge in [0.05, 0.1) is 4.90 Å². The van der Waals surface area contributed by atoms with Crippen LogP contribution in [-0.4, -0.2) is 33.0 Å². The average molecular weight is 331 g/mol. The van der Waals surface area contributed by atoms with Crippen LogP contribution in [0.25, 0.3) is 0 Å². The van der Waals surface area contributed by atoms with Crippen LogP contribution in [0.2, 0.25) is 0 Å². The lowest BCUT2D eigenvalue weighted by atomic mass is 10.0. The van der Waals surface area contributed by atoms with Crippen LogP contribution in [0.3, 0.4) is 0 Å². The van der Waals surface area contributed by atoms with E-state index in [1.165, 1.54) is 0 Å². The van der Waals surface area contributed by atoms with Gasteiger partial charge in [-0.15, -0.1) is 0 Å². The summed E-state index contributed by atoms with van der Waals surface area (Å²) in [6.45, 7) is 5.19. The zero-order valence-corrected chi connectivity index (χ0v) is 14.9. The number of rotatable bonds is 9. The van der Waals surface area contributed by atoms with Crippen LogP contribution in [0.4, 0.5) is 0 Å². The van der Waals surface area contributed by atoms with Gasteiger partial charge in [0, 0.05) is 17.8 Å². The van der Waals surface area contributed by atoms with E-state index in [0.717, 1.165) is 18.4 Å². The third-order valence-corrected chi connectivity index (χ3v) is 7.02. The summed E-state index contributed by atoms with van der Waals surface area (Å²) in [5.41, 5.74) is 0.787. The monoisotopic (exact) mass is 330 g/mol. The highest BCUT2D eigenvalue weighted by molar-refractivity contribution is 8.00. The number of hydrogen-bond acceptors (Lipinski definition) is 4. The van der Waals surface area contributed by atoms with Crippen LogP contribution < -0.4 is 10.0 Å². The van der Waals surface area contributed by atoms with Crippen LogP contribution in [0.15, 0.2) is 29.2 Å². The van der Waals surface area contributed by atoms with Gasteiger partial charge in [0.25, 0.3) is 0 Å². The van der Waals surface area contributed by atoms with Crippen molar-refractivity contribution in [3.05, 3.63) is 29.8 Å². The topological polar surface area (TPSA) is 58.2 Å². The van der Waals surface area contributed by atoms with Crippen LogP contribution in [0.1, 0.15) is 32.3 Å². The lowest BCUT2D eigenvalue weighted by molar-refractivity contribution is 0.521. The molecular weight excluding hydrogens is 304 g/mol. The summed E-state index contributed by atoms with van der Waals surface area (Å²) < 4.78 is 27.9. The van der Waals surface area contributed by atoms with Crippen molar-refractivity contribution in [2.45, 2.75) is 42.9 Å². The fraction of sp³-hybridized carbons (Fsp3) is 0.600. The van der Waals surface area contributed by atoms with Crippen LogP contribution >= 0.6 is 11.8 Å². The summed E-state index contributed by atoms with van der Waals surface area (Å²) in [4.78, 5) is 0.363. The van der Waals surface area contributed by atoms with E-state index in [4.69, 9.17) is 0 Å². The minimum Gasteiger partial charge on any atom is -0.316 e. The van der Waals surface area contributed by atoms with Gasteiger partial charge < -0.3 is 5.32 Å². The Morgan fingerprint density at radius 2 is 1.81 bits per heavy atom. The lowest BCUT2D eigenvalue weighted by Crippen LogP contribution is -2.39. The molecule has 1 rings (SSSR count).